The van der Waals surface area contributed by atoms with Crippen LogP contribution in [0.2, 0.25) is 0 Å². The van der Waals surface area contributed by atoms with Gasteiger partial charge < -0.3 is 0 Å². The second-order valence-electron chi connectivity index (χ2n) is 3.73. The molecule has 11 heavy (non-hydrogen) atoms. The van der Waals surface area contributed by atoms with Crippen LogP contribution in [0.25, 0.3) is 0 Å². The van der Waals surface area contributed by atoms with Crippen LogP contribution in [0.5, 0.6) is 0 Å². The van der Waals surface area contributed by atoms with Gasteiger partial charge in [0, 0.05) is 10.8 Å². The number of hydrogen-bond acceptors (Lipinski definition) is 2. The predicted molar refractivity (Wildman–Crippen MR) is 50.2 cm³/mol. The summed E-state index contributed by atoms with van der Waals surface area (Å²) >= 11 is 1.77. The molecule has 0 aliphatic heterocycles. The quantitative estimate of drug-likeness (QED) is 0.629. The molecule has 0 radical (unpaired) electrons. The van der Waals surface area contributed by atoms with E-state index >= 15 is 0 Å². The van der Waals surface area contributed by atoms with Crippen molar-refractivity contribution < 1.29 is 0 Å². The molecule has 0 aliphatic rings. The van der Waals surface area contributed by atoms with Gasteiger partial charge in [0.1, 0.15) is 0 Å². The molecule has 1 nitrogen and oxygen atoms in total. The fraction of sp³-hybridized carbons (Fsp3) is 0.667. The predicted octanol–water partition coefficient (Wildman–Crippen LogP) is 3.00. The van der Waals surface area contributed by atoms with E-state index in [4.69, 9.17) is 0 Å². The molecule has 0 N–H and O–H groups in total. The lowest BCUT2D eigenvalue weighted by Gasteiger charge is -2.14. The monoisotopic (exact) mass is 169 g/mol. The van der Waals surface area contributed by atoms with Crippen LogP contribution >= 0.6 is 11.3 Å². The Hall–Kier alpha value is -0.370. The van der Waals surface area contributed by atoms with E-state index in [1.807, 2.05) is 0 Å². The number of aryl methyl sites for hydroxylation is 1. The van der Waals surface area contributed by atoms with E-state index in [0.29, 0.717) is 0 Å². The largest absolute Gasteiger partial charge is 0.246 e. The van der Waals surface area contributed by atoms with E-state index in [2.05, 4.69) is 38.1 Å². The molecule has 62 valence electrons. The Morgan fingerprint density at radius 3 is 2.36 bits per heavy atom. The zero-order valence-electron chi connectivity index (χ0n) is 7.64. The zero-order chi connectivity index (χ0) is 8.48. The first-order chi connectivity index (χ1) is 5.04. The molecule has 0 atom stereocenters. The Morgan fingerprint density at radius 1 is 1.45 bits per heavy atom. The number of thiazole rings is 1. The molecule has 0 unspecified atom stereocenters. The van der Waals surface area contributed by atoms with Gasteiger partial charge in [-0.25, -0.2) is 4.98 Å². The van der Waals surface area contributed by atoms with Crippen LogP contribution in [0, 0.1) is 0 Å². The second-order valence-corrected chi connectivity index (χ2v) is 4.67. The molecule has 0 saturated heterocycles. The summed E-state index contributed by atoms with van der Waals surface area (Å²) in [6.07, 6.45) is 1.06. The van der Waals surface area contributed by atoms with Gasteiger partial charge in [-0.15, -0.1) is 11.3 Å². The van der Waals surface area contributed by atoms with Crippen molar-refractivity contribution in [3.05, 3.63) is 16.1 Å². The van der Waals surface area contributed by atoms with E-state index in [0.717, 1.165) is 6.42 Å². The van der Waals surface area contributed by atoms with Crippen LogP contribution in [0.4, 0.5) is 0 Å². The molecule has 1 heterocycles. The fourth-order valence-corrected chi connectivity index (χ4v) is 1.79. The summed E-state index contributed by atoms with van der Waals surface area (Å²) in [5.74, 6) is 0. The first-order valence-electron chi connectivity index (χ1n) is 3.99. The third-order valence-electron chi connectivity index (χ3n) is 1.62. The Morgan fingerprint density at radius 2 is 2.09 bits per heavy atom. The fourth-order valence-electron chi connectivity index (χ4n) is 0.818. The number of rotatable bonds is 1. The molecule has 0 aliphatic carbocycles. The molecule has 2 heteroatoms. The molecule has 0 aromatic carbocycles. The minimum absolute atomic E-state index is 0.212. The van der Waals surface area contributed by atoms with Gasteiger partial charge in [-0.2, -0.15) is 0 Å². The summed E-state index contributed by atoms with van der Waals surface area (Å²) in [6, 6.07) is 0. The lowest BCUT2D eigenvalue weighted by atomic mass is 9.93. The number of aromatic nitrogens is 1. The molecule has 0 spiro atoms. The van der Waals surface area contributed by atoms with Gasteiger partial charge in [-0.3, -0.25) is 0 Å². The minimum atomic E-state index is 0.212. The summed E-state index contributed by atoms with van der Waals surface area (Å²) in [5.41, 5.74) is 1.43. The van der Waals surface area contributed by atoms with E-state index in [9.17, 15) is 0 Å². The maximum atomic E-state index is 4.52. The Bertz CT molecular complexity index is 232. The molecule has 0 fully saturated rings. The average Bonchev–Trinajstić information content (AvgIpc) is 2.32. The van der Waals surface area contributed by atoms with Crippen molar-refractivity contribution in [1.82, 2.24) is 4.98 Å². The Kier molecular flexibility index (Phi) is 2.33. The second kappa shape index (κ2) is 2.94. The molecule has 1 aromatic rings. The highest BCUT2D eigenvalue weighted by Gasteiger charge is 2.16. The molecular weight excluding hydrogens is 154 g/mol. The average molecular weight is 169 g/mol. The van der Waals surface area contributed by atoms with Gasteiger partial charge in [0.05, 0.1) is 10.7 Å². The first-order valence-corrected chi connectivity index (χ1v) is 4.87. The van der Waals surface area contributed by atoms with Gasteiger partial charge >= 0.3 is 0 Å². The number of nitrogens with zero attached hydrogens (tertiary/aromatic N) is 1. The maximum Gasteiger partial charge on any atom is 0.0925 e. The Balaban J connectivity index is 2.89. The van der Waals surface area contributed by atoms with Crippen molar-refractivity contribution >= 4 is 11.3 Å². The van der Waals surface area contributed by atoms with Crippen molar-refractivity contribution in [3.8, 4) is 0 Å². The summed E-state index contributed by atoms with van der Waals surface area (Å²) in [4.78, 5) is 4.52. The van der Waals surface area contributed by atoms with Crippen molar-refractivity contribution in [3.63, 3.8) is 0 Å². The molecule has 1 rings (SSSR count). The highest BCUT2D eigenvalue weighted by molar-refractivity contribution is 7.09. The van der Waals surface area contributed by atoms with Gasteiger partial charge in [-0.1, -0.05) is 27.7 Å². The summed E-state index contributed by atoms with van der Waals surface area (Å²) < 4.78 is 0. The normalized spacial score (nSPS) is 12.0. The van der Waals surface area contributed by atoms with E-state index in [1.54, 1.807) is 11.3 Å². The van der Waals surface area contributed by atoms with Gasteiger partial charge in [-0.05, 0) is 6.42 Å². The Labute approximate surface area is 72.5 Å². The molecule has 1 aromatic heterocycles. The third-order valence-corrected chi connectivity index (χ3v) is 2.62. The van der Waals surface area contributed by atoms with Gasteiger partial charge in [0.2, 0.25) is 0 Å². The topological polar surface area (TPSA) is 12.9 Å². The highest BCUT2D eigenvalue weighted by Crippen LogP contribution is 2.23. The van der Waals surface area contributed by atoms with Gasteiger partial charge in [0.15, 0.2) is 0 Å². The molecule has 0 saturated carbocycles. The van der Waals surface area contributed by atoms with E-state index in [1.165, 1.54) is 10.7 Å². The number of hydrogen-bond donors (Lipinski definition) is 0. The first kappa shape index (κ1) is 8.72. The van der Waals surface area contributed by atoms with Crippen molar-refractivity contribution in [2.75, 3.05) is 0 Å². The highest BCUT2D eigenvalue weighted by atomic mass is 32.1. The molecule has 0 amide bonds. The lowest BCUT2D eigenvalue weighted by molar-refractivity contribution is 0.571. The summed E-state index contributed by atoms with van der Waals surface area (Å²) in [6.45, 7) is 8.73. The van der Waals surface area contributed by atoms with Crippen LogP contribution in [0.3, 0.4) is 0 Å². The smallest absolute Gasteiger partial charge is 0.0925 e. The van der Waals surface area contributed by atoms with Crippen molar-refractivity contribution in [2.45, 2.75) is 39.5 Å². The molecule has 0 bridgehead atoms. The molecular formula is C9H15NS. The van der Waals surface area contributed by atoms with E-state index in [-0.39, 0.29) is 5.41 Å². The van der Waals surface area contributed by atoms with Crippen LogP contribution < -0.4 is 0 Å². The minimum Gasteiger partial charge on any atom is -0.246 e. The van der Waals surface area contributed by atoms with Crippen molar-refractivity contribution in [2.24, 2.45) is 0 Å². The van der Waals surface area contributed by atoms with Crippen LogP contribution in [0.1, 0.15) is 38.4 Å². The standard InChI is InChI=1S/C9H15NS/c1-5-8-10-7(6-11-8)9(2,3)4/h6H,5H2,1-4H3. The van der Waals surface area contributed by atoms with Crippen LogP contribution in [-0.2, 0) is 11.8 Å². The maximum absolute atomic E-state index is 4.52. The van der Waals surface area contributed by atoms with Crippen molar-refractivity contribution in [1.29, 1.82) is 0 Å². The van der Waals surface area contributed by atoms with Crippen LogP contribution in [-0.4, -0.2) is 4.98 Å². The van der Waals surface area contributed by atoms with E-state index < -0.39 is 0 Å². The van der Waals surface area contributed by atoms with Gasteiger partial charge in [0.25, 0.3) is 0 Å². The third kappa shape index (κ3) is 2.03. The summed E-state index contributed by atoms with van der Waals surface area (Å²) in [7, 11) is 0. The summed E-state index contributed by atoms with van der Waals surface area (Å²) in [5, 5.41) is 3.41. The lowest BCUT2D eigenvalue weighted by Crippen LogP contribution is -2.11. The SMILES string of the molecule is CCc1nc(C(C)(C)C)cs1. The van der Waals surface area contributed by atoms with Crippen LogP contribution in [0.15, 0.2) is 5.38 Å². The zero-order valence-corrected chi connectivity index (χ0v) is 8.46.